The second-order valence-corrected chi connectivity index (χ2v) is 4.57. The fourth-order valence-corrected chi connectivity index (χ4v) is 1.75. The Kier molecular flexibility index (Phi) is 8.13. The van der Waals surface area contributed by atoms with E-state index in [1.165, 1.54) is 36.4 Å². The Morgan fingerprint density at radius 3 is 1.30 bits per heavy atom. The molecule has 2 N–H and O–H groups in total. The van der Waals surface area contributed by atoms with Crippen LogP contribution in [0.25, 0.3) is 0 Å². The van der Waals surface area contributed by atoms with E-state index in [1.54, 1.807) is 13.8 Å². The predicted molar refractivity (Wildman–Crippen MR) is 80.1 cm³/mol. The van der Waals surface area contributed by atoms with Crippen LogP contribution in [-0.2, 0) is 0 Å². The van der Waals surface area contributed by atoms with E-state index in [9.17, 15) is 19.8 Å². The fraction of sp³-hybridized carbons (Fsp3) is 0.125. The third kappa shape index (κ3) is 6.17. The van der Waals surface area contributed by atoms with Crippen molar-refractivity contribution in [3.05, 3.63) is 58.7 Å². The number of carboxylic acid groups (broad SMARTS) is 2. The van der Waals surface area contributed by atoms with Gasteiger partial charge in [-0.25, -0.2) is 0 Å². The normalized spacial score (nSPS) is 9.13. The van der Waals surface area contributed by atoms with Crippen LogP contribution in [0.3, 0.4) is 0 Å². The summed E-state index contributed by atoms with van der Waals surface area (Å²) in [6.45, 7) is 3.20. The molecule has 0 unspecified atom stereocenters. The number of hydrogen-bond donors (Lipinski definition) is 2. The maximum absolute atomic E-state index is 10.3. The molecule has 2 aromatic rings. The number of aryl methyl sites for hydroxylation is 2. The van der Waals surface area contributed by atoms with Crippen LogP contribution in [0.2, 0.25) is 0 Å². The second-order valence-electron chi connectivity index (χ2n) is 4.57. The van der Waals surface area contributed by atoms with Crippen LogP contribution < -0.4 is 10.2 Å². The summed E-state index contributed by atoms with van der Waals surface area (Å²) < 4.78 is 0. The molecule has 6 nitrogen and oxygen atoms in total. The second kappa shape index (κ2) is 9.01. The molecule has 23 heavy (non-hydrogen) atoms. The Labute approximate surface area is 149 Å². The number of hydrogen-bond acceptors (Lipinski definition) is 6. The third-order valence-electron chi connectivity index (χ3n) is 2.86. The van der Waals surface area contributed by atoms with Crippen LogP contribution in [0.4, 0.5) is 0 Å². The first kappa shape index (κ1) is 20.7. The summed E-state index contributed by atoms with van der Waals surface area (Å²) >= 11 is 0. The maximum Gasteiger partial charge on any atom is 2.00 e. The molecule has 0 radical (unpaired) electrons. The fourth-order valence-electron chi connectivity index (χ4n) is 1.75. The zero-order valence-corrected chi connectivity index (χ0v) is 14.1. The summed E-state index contributed by atoms with van der Waals surface area (Å²) in [5, 5.41) is 38.5. The topological polar surface area (TPSA) is 121 Å². The van der Waals surface area contributed by atoms with Crippen LogP contribution in [0.1, 0.15) is 31.8 Å². The van der Waals surface area contributed by atoms with Crippen molar-refractivity contribution >= 4 is 35.0 Å². The van der Waals surface area contributed by atoms with Crippen molar-refractivity contribution in [2.45, 2.75) is 13.8 Å². The molecule has 0 heterocycles. The Balaban J connectivity index is 0.000000403. The number of carbonyl (C=O) groups is 2. The molecule has 0 saturated heterocycles. The summed E-state index contributed by atoms with van der Waals surface area (Å²) in [6, 6.07) is 8.03. The van der Waals surface area contributed by atoms with E-state index in [0.29, 0.717) is 11.1 Å². The average Bonchev–Trinajstić information content (AvgIpc) is 2.38. The molecule has 116 valence electrons. The van der Waals surface area contributed by atoms with Gasteiger partial charge in [-0.1, -0.05) is 0 Å². The molecule has 0 aliphatic carbocycles. The number of rotatable bonds is 2. The molecular weight excluding hydrogens is 312 g/mol. The monoisotopic (exact) mass is 326 g/mol. The van der Waals surface area contributed by atoms with E-state index < -0.39 is 11.9 Å². The molecule has 0 bridgehead atoms. The predicted octanol–water partition coefficient (Wildman–Crippen LogP) is -0.253. The van der Waals surface area contributed by atoms with Crippen LogP contribution in [0, 0.1) is 13.8 Å². The number of benzene rings is 2. The summed E-state index contributed by atoms with van der Waals surface area (Å²) in [5.74, 6) is -2.31. The van der Waals surface area contributed by atoms with Gasteiger partial charge in [-0.15, -0.1) is 0 Å². The van der Waals surface area contributed by atoms with Crippen molar-refractivity contribution in [1.29, 1.82) is 0 Å². The van der Waals surface area contributed by atoms with Crippen molar-refractivity contribution in [2.75, 3.05) is 0 Å². The minimum absolute atomic E-state index is 0. The molecule has 0 fully saturated rings. The van der Waals surface area contributed by atoms with E-state index in [1.807, 2.05) is 0 Å². The minimum atomic E-state index is -1.22. The van der Waals surface area contributed by atoms with Gasteiger partial charge < -0.3 is 30.0 Å². The van der Waals surface area contributed by atoms with E-state index in [2.05, 4.69) is 0 Å². The van der Waals surface area contributed by atoms with Gasteiger partial charge in [0, 0.05) is 11.1 Å². The van der Waals surface area contributed by atoms with E-state index >= 15 is 0 Å². The van der Waals surface area contributed by atoms with Crippen LogP contribution >= 0.6 is 0 Å². The maximum atomic E-state index is 10.3. The van der Waals surface area contributed by atoms with Crippen molar-refractivity contribution in [3.8, 4) is 11.5 Å². The zero-order chi connectivity index (χ0) is 16.9. The summed E-state index contributed by atoms with van der Waals surface area (Å²) in [7, 11) is 0. The van der Waals surface area contributed by atoms with Gasteiger partial charge in [0.1, 0.15) is 11.5 Å². The van der Waals surface area contributed by atoms with Crippen molar-refractivity contribution in [2.24, 2.45) is 0 Å². The Morgan fingerprint density at radius 2 is 1.09 bits per heavy atom. The first-order chi connectivity index (χ1) is 10.2. The van der Waals surface area contributed by atoms with Gasteiger partial charge in [0.2, 0.25) is 0 Å². The number of aromatic carboxylic acids is 2. The van der Waals surface area contributed by atoms with Crippen molar-refractivity contribution < 1.29 is 30.0 Å². The Morgan fingerprint density at radius 1 is 0.783 bits per heavy atom. The number of carboxylic acids is 2. The van der Waals surface area contributed by atoms with Gasteiger partial charge in [0.15, 0.2) is 0 Å². The first-order valence-corrected chi connectivity index (χ1v) is 6.24. The molecule has 0 saturated carbocycles. The van der Waals surface area contributed by atoms with Gasteiger partial charge >= 0.3 is 23.1 Å². The SMILES string of the molecule is Cc1cc(O)ccc1C(=O)[O-].Cc1cc(O)ccc1C(=O)[O-].[Mg+2]. The number of phenolic OH excluding ortho intramolecular Hbond substituents is 2. The van der Waals surface area contributed by atoms with Crippen LogP contribution in [0.15, 0.2) is 36.4 Å². The molecular formula is C16H14MgO6. The number of aromatic hydroxyl groups is 2. The van der Waals surface area contributed by atoms with Crippen molar-refractivity contribution in [1.82, 2.24) is 0 Å². The van der Waals surface area contributed by atoms with E-state index in [0.717, 1.165) is 0 Å². The quantitative estimate of drug-likeness (QED) is 0.734. The summed E-state index contributed by atoms with van der Waals surface area (Å²) in [6.07, 6.45) is 0. The van der Waals surface area contributed by atoms with Crippen LogP contribution in [0.5, 0.6) is 11.5 Å². The molecule has 0 aliphatic rings. The Bertz CT molecular complexity index is 650. The molecule has 0 amide bonds. The smallest absolute Gasteiger partial charge is 0.545 e. The molecule has 2 aromatic carbocycles. The zero-order valence-electron chi connectivity index (χ0n) is 12.7. The standard InChI is InChI=1S/2C8H8O3.Mg/c2*1-5-4-6(9)2-3-7(5)8(10)11;/h2*2-4,9H,1H3,(H,10,11);/q;;+2/p-2. The van der Waals surface area contributed by atoms with Gasteiger partial charge in [0.05, 0.1) is 11.9 Å². The molecule has 0 atom stereocenters. The summed E-state index contributed by atoms with van der Waals surface area (Å²) in [5.41, 5.74) is 1.24. The minimum Gasteiger partial charge on any atom is -0.545 e. The molecule has 2 rings (SSSR count). The average molecular weight is 327 g/mol. The van der Waals surface area contributed by atoms with E-state index in [4.69, 9.17) is 10.2 Å². The molecule has 7 heteroatoms. The van der Waals surface area contributed by atoms with Gasteiger partial charge in [0.25, 0.3) is 0 Å². The van der Waals surface area contributed by atoms with Crippen LogP contribution in [-0.4, -0.2) is 45.2 Å². The number of phenols is 2. The van der Waals surface area contributed by atoms with Gasteiger partial charge in [-0.05, 0) is 61.4 Å². The largest absolute Gasteiger partial charge is 2.00 e. The number of carbonyl (C=O) groups excluding carboxylic acids is 2. The van der Waals surface area contributed by atoms with Crippen molar-refractivity contribution in [3.63, 3.8) is 0 Å². The molecule has 0 spiro atoms. The third-order valence-corrected chi connectivity index (χ3v) is 2.86. The van der Waals surface area contributed by atoms with Gasteiger partial charge in [-0.3, -0.25) is 0 Å². The van der Waals surface area contributed by atoms with E-state index in [-0.39, 0.29) is 45.7 Å². The molecule has 0 aromatic heterocycles. The van der Waals surface area contributed by atoms with Gasteiger partial charge in [-0.2, -0.15) is 0 Å². The molecule has 0 aliphatic heterocycles. The summed E-state index contributed by atoms with van der Waals surface area (Å²) in [4.78, 5) is 20.7. The first-order valence-electron chi connectivity index (χ1n) is 6.24. The Hall–Kier alpha value is -2.25.